The molecule has 2 heterocycles. The molecule has 2 bridgehead atoms. The van der Waals surface area contributed by atoms with E-state index < -0.39 is 11.6 Å². The van der Waals surface area contributed by atoms with Gasteiger partial charge in [-0.25, -0.2) is 8.78 Å². The van der Waals surface area contributed by atoms with Crippen LogP contribution in [0.25, 0.3) is 11.1 Å². The number of nitrogens with one attached hydrogen (secondary N) is 1. The van der Waals surface area contributed by atoms with E-state index >= 15 is 0 Å². The largest absolute Gasteiger partial charge is 0.497 e. The predicted molar refractivity (Wildman–Crippen MR) is 98.8 cm³/mol. The van der Waals surface area contributed by atoms with E-state index in [0.29, 0.717) is 11.3 Å². The summed E-state index contributed by atoms with van der Waals surface area (Å²) in [6, 6.07) is 9.00. The van der Waals surface area contributed by atoms with E-state index in [1.54, 1.807) is 18.2 Å². The zero-order chi connectivity index (χ0) is 19.0. The van der Waals surface area contributed by atoms with E-state index in [1.165, 1.54) is 25.3 Å². The summed E-state index contributed by atoms with van der Waals surface area (Å²) in [6.45, 7) is 1.63. The third-order valence-electron chi connectivity index (χ3n) is 5.58. The highest BCUT2D eigenvalue weighted by Crippen LogP contribution is 2.32. The van der Waals surface area contributed by atoms with Crippen molar-refractivity contribution in [2.45, 2.75) is 31.3 Å². The Bertz CT molecular complexity index is 857. The summed E-state index contributed by atoms with van der Waals surface area (Å²) in [5.41, 5.74) is 0.712. The summed E-state index contributed by atoms with van der Waals surface area (Å²) in [5, 5.41) is 3.34. The number of amides is 1. The normalized spacial score (nSPS) is 21.8. The first-order valence-electron chi connectivity index (χ1n) is 9.25. The van der Waals surface area contributed by atoms with Crippen molar-refractivity contribution in [3.05, 3.63) is 53.6 Å². The van der Waals surface area contributed by atoms with Crippen LogP contribution in [0.4, 0.5) is 8.78 Å². The van der Waals surface area contributed by atoms with E-state index in [-0.39, 0.29) is 29.1 Å². The van der Waals surface area contributed by atoms with Crippen LogP contribution in [-0.4, -0.2) is 43.1 Å². The topological polar surface area (TPSA) is 41.6 Å². The third-order valence-corrected chi connectivity index (χ3v) is 5.58. The maximum Gasteiger partial charge on any atom is 0.257 e. The lowest BCUT2D eigenvalue weighted by Gasteiger charge is -2.28. The Morgan fingerprint density at radius 3 is 2.63 bits per heavy atom. The lowest BCUT2D eigenvalue weighted by molar-refractivity contribution is 0.0675. The molecule has 0 aliphatic carbocycles. The van der Waals surface area contributed by atoms with Crippen LogP contribution in [0.1, 0.15) is 29.6 Å². The number of methoxy groups -OCH3 is 1. The first kappa shape index (κ1) is 17.9. The molecule has 2 aliphatic heterocycles. The second kappa shape index (κ2) is 7.27. The summed E-state index contributed by atoms with van der Waals surface area (Å²) in [6.07, 6.45) is 2.80. The van der Waals surface area contributed by atoms with Gasteiger partial charge in [-0.2, -0.15) is 0 Å². The van der Waals surface area contributed by atoms with Crippen molar-refractivity contribution in [2.75, 3.05) is 20.2 Å². The number of carbonyl (C=O) groups is 1. The van der Waals surface area contributed by atoms with Gasteiger partial charge in [0.25, 0.3) is 5.91 Å². The molecule has 2 aromatic carbocycles. The van der Waals surface area contributed by atoms with Crippen molar-refractivity contribution < 1.29 is 18.3 Å². The minimum atomic E-state index is -0.621. The second-order valence-corrected chi connectivity index (χ2v) is 7.13. The number of fused-ring (bicyclic) bond motifs is 2. The van der Waals surface area contributed by atoms with E-state index in [2.05, 4.69) is 5.32 Å². The number of benzene rings is 2. The van der Waals surface area contributed by atoms with Gasteiger partial charge in [0.1, 0.15) is 17.4 Å². The molecule has 4 rings (SSSR count). The molecular formula is C21H22F2N2O2. The molecule has 2 atom stereocenters. The van der Waals surface area contributed by atoms with Crippen LogP contribution >= 0.6 is 0 Å². The quantitative estimate of drug-likeness (QED) is 0.895. The van der Waals surface area contributed by atoms with Gasteiger partial charge in [-0.15, -0.1) is 0 Å². The monoisotopic (exact) mass is 372 g/mol. The third kappa shape index (κ3) is 3.30. The lowest BCUT2D eigenvalue weighted by atomic mass is 10.0. The van der Waals surface area contributed by atoms with Crippen LogP contribution in [0.5, 0.6) is 5.75 Å². The Kier molecular flexibility index (Phi) is 4.83. The Morgan fingerprint density at radius 1 is 1.07 bits per heavy atom. The zero-order valence-electron chi connectivity index (χ0n) is 15.2. The highest BCUT2D eigenvalue weighted by molar-refractivity contribution is 5.95. The fourth-order valence-electron chi connectivity index (χ4n) is 4.17. The van der Waals surface area contributed by atoms with Gasteiger partial charge >= 0.3 is 0 Å². The van der Waals surface area contributed by atoms with Crippen LogP contribution in [0.3, 0.4) is 0 Å². The molecule has 0 radical (unpaired) electrons. The van der Waals surface area contributed by atoms with E-state index in [4.69, 9.17) is 4.74 Å². The summed E-state index contributed by atoms with van der Waals surface area (Å²) in [4.78, 5) is 14.8. The Balaban J connectivity index is 1.63. The van der Waals surface area contributed by atoms with Crippen LogP contribution in [-0.2, 0) is 0 Å². The Hall–Kier alpha value is -2.47. The molecular weight excluding hydrogens is 350 g/mol. The van der Waals surface area contributed by atoms with Crippen molar-refractivity contribution >= 4 is 5.91 Å². The van der Waals surface area contributed by atoms with Gasteiger partial charge in [0, 0.05) is 30.3 Å². The molecule has 142 valence electrons. The molecule has 0 spiro atoms. The molecule has 2 saturated heterocycles. The van der Waals surface area contributed by atoms with Gasteiger partial charge in [0.15, 0.2) is 0 Å². The van der Waals surface area contributed by atoms with Crippen LogP contribution in [0.2, 0.25) is 0 Å². The molecule has 2 unspecified atom stereocenters. The smallest absolute Gasteiger partial charge is 0.257 e. The first-order chi connectivity index (χ1) is 13.1. The van der Waals surface area contributed by atoms with Crippen molar-refractivity contribution in [1.29, 1.82) is 0 Å². The number of hydrogen-bond acceptors (Lipinski definition) is 3. The van der Waals surface area contributed by atoms with Crippen molar-refractivity contribution in [2.24, 2.45) is 0 Å². The number of hydrogen-bond donors (Lipinski definition) is 1. The van der Waals surface area contributed by atoms with Gasteiger partial charge in [-0.3, -0.25) is 4.79 Å². The Labute approximate surface area is 157 Å². The fourth-order valence-corrected chi connectivity index (χ4v) is 4.17. The molecule has 6 heteroatoms. The van der Waals surface area contributed by atoms with Gasteiger partial charge < -0.3 is 15.0 Å². The molecule has 2 fully saturated rings. The number of halogens is 2. The van der Waals surface area contributed by atoms with Gasteiger partial charge in [0.2, 0.25) is 0 Å². The summed E-state index contributed by atoms with van der Waals surface area (Å²) >= 11 is 0. The second-order valence-electron chi connectivity index (χ2n) is 7.13. The van der Waals surface area contributed by atoms with Crippen molar-refractivity contribution in [3.63, 3.8) is 0 Å². The molecule has 4 nitrogen and oxygen atoms in total. The average Bonchev–Trinajstić information content (AvgIpc) is 2.93. The number of rotatable bonds is 3. The predicted octanol–water partition coefficient (Wildman–Crippen LogP) is 3.61. The highest BCUT2D eigenvalue weighted by Gasteiger charge is 2.39. The maximum absolute atomic E-state index is 14.8. The zero-order valence-corrected chi connectivity index (χ0v) is 15.2. The van der Waals surface area contributed by atoms with Crippen molar-refractivity contribution in [1.82, 2.24) is 10.2 Å². The van der Waals surface area contributed by atoms with Gasteiger partial charge in [-0.05, 0) is 55.6 Å². The summed E-state index contributed by atoms with van der Waals surface area (Å²) in [7, 11) is 1.46. The number of nitrogens with zero attached hydrogens (tertiary/aromatic N) is 1. The van der Waals surface area contributed by atoms with Gasteiger partial charge in [0.05, 0.1) is 12.7 Å². The highest BCUT2D eigenvalue weighted by atomic mass is 19.1. The van der Waals surface area contributed by atoms with Crippen molar-refractivity contribution in [3.8, 4) is 16.9 Å². The first-order valence-corrected chi connectivity index (χ1v) is 9.25. The average molecular weight is 372 g/mol. The number of carbonyl (C=O) groups excluding carboxylic acids is 1. The summed E-state index contributed by atoms with van der Waals surface area (Å²) < 4.78 is 34.1. The van der Waals surface area contributed by atoms with Crippen LogP contribution in [0.15, 0.2) is 36.4 Å². The SMILES string of the molecule is COc1ccc(-c2ccc(C(=O)N3C4CCNCC3CC4)c(F)c2)c(F)c1. The van der Waals surface area contributed by atoms with Gasteiger partial charge in [-0.1, -0.05) is 6.07 Å². The molecule has 2 aromatic rings. The van der Waals surface area contributed by atoms with E-state index in [1.807, 2.05) is 4.90 Å². The molecule has 27 heavy (non-hydrogen) atoms. The van der Waals surface area contributed by atoms with Crippen LogP contribution < -0.4 is 10.1 Å². The minimum absolute atomic E-state index is 0.0477. The molecule has 1 N–H and O–H groups in total. The molecule has 1 amide bonds. The number of ether oxygens (including phenoxy) is 1. The molecule has 2 aliphatic rings. The fraction of sp³-hybridized carbons (Fsp3) is 0.381. The summed E-state index contributed by atoms with van der Waals surface area (Å²) in [5.74, 6) is -0.993. The maximum atomic E-state index is 14.8. The minimum Gasteiger partial charge on any atom is -0.497 e. The molecule has 0 aromatic heterocycles. The van der Waals surface area contributed by atoms with E-state index in [0.717, 1.165) is 32.4 Å². The standard InChI is InChI=1S/C21H22F2N2O2/c1-27-16-5-7-17(20(23)11-16)13-2-6-18(19(22)10-13)21(26)25-14-3-4-15(25)12-24-9-8-14/h2,5-7,10-11,14-15,24H,3-4,8-9,12H2,1H3. The molecule has 0 saturated carbocycles. The van der Waals surface area contributed by atoms with Crippen LogP contribution in [0, 0.1) is 11.6 Å². The van der Waals surface area contributed by atoms with E-state index in [9.17, 15) is 13.6 Å². The lowest BCUT2D eigenvalue weighted by Crippen LogP contribution is -2.42. The Morgan fingerprint density at radius 2 is 1.89 bits per heavy atom.